The number of nitrogens with zero attached hydrogens (tertiary/aromatic N) is 3. The van der Waals surface area contributed by atoms with Crippen molar-refractivity contribution in [3.63, 3.8) is 0 Å². The van der Waals surface area contributed by atoms with Crippen molar-refractivity contribution < 1.29 is 9.47 Å². The van der Waals surface area contributed by atoms with Gasteiger partial charge in [0.15, 0.2) is 5.96 Å². The van der Waals surface area contributed by atoms with E-state index in [1.807, 2.05) is 7.05 Å². The average molecular weight is 511 g/mol. The molecule has 8 heteroatoms. The average Bonchev–Trinajstić information content (AvgIpc) is 2.72. The Morgan fingerprint density at radius 1 is 1.14 bits per heavy atom. The van der Waals surface area contributed by atoms with Gasteiger partial charge in [0.1, 0.15) is 0 Å². The van der Waals surface area contributed by atoms with Crippen LogP contribution in [-0.4, -0.2) is 102 Å². The van der Waals surface area contributed by atoms with Crippen molar-refractivity contribution in [1.82, 2.24) is 20.4 Å². The van der Waals surface area contributed by atoms with Crippen molar-refractivity contribution in [2.45, 2.75) is 44.1 Å². The van der Waals surface area contributed by atoms with Gasteiger partial charge in [-0.1, -0.05) is 19.3 Å². The molecule has 166 valence electrons. The Morgan fingerprint density at radius 3 is 2.50 bits per heavy atom. The van der Waals surface area contributed by atoms with Crippen LogP contribution in [0.1, 0.15) is 38.5 Å². The molecule has 0 atom stereocenters. The van der Waals surface area contributed by atoms with E-state index in [0.29, 0.717) is 0 Å². The van der Waals surface area contributed by atoms with E-state index in [1.165, 1.54) is 32.1 Å². The molecule has 1 aliphatic heterocycles. The predicted molar refractivity (Wildman–Crippen MR) is 127 cm³/mol. The molecule has 2 N–H and O–H groups in total. The van der Waals surface area contributed by atoms with Crippen molar-refractivity contribution in [3.8, 4) is 0 Å². The highest BCUT2D eigenvalue weighted by molar-refractivity contribution is 14.0. The number of methoxy groups -OCH3 is 1. The number of rotatable bonds is 10. The summed E-state index contributed by atoms with van der Waals surface area (Å²) in [6.07, 6.45) is 7.66. The second-order valence-electron chi connectivity index (χ2n) is 7.89. The normalized spacial score (nSPS) is 20.6. The molecule has 0 amide bonds. The summed E-state index contributed by atoms with van der Waals surface area (Å²) in [7, 11) is 5.77. The van der Waals surface area contributed by atoms with Gasteiger partial charge < -0.3 is 25.0 Å². The number of likely N-dealkylation sites (N-methyl/N-ethyl adjacent to an activating group) is 1. The number of hydrogen-bond donors (Lipinski definition) is 2. The number of nitrogens with one attached hydrogen (secondary N) is 2. The summed E-state index contributed by atoms with van der Waals surface area (Å²) in [5.74, 6) is 0.915. The molecule has 0 unspecified atom stereocenters. The van der Waals surface area contributed by atoms with E-state index < -0.39 is 0 Å². The van der Waals surface area contributed by atoms with Gasteiger partial charge in [-0.3, -0.25) is 9.89 Å². The predicted octanol–water partition coefficient (Wildman–Crippen LogP) is 1.77. The minimum atomic E-state index is 0. The Balaban J connectivity index is 0.00000392. The lowest BCUT2D eigenvalue weighted by Gasteiger charge is -2.48. The zero-order chi connectivity index (χ0) is 19.4. The molecule has 0 spiro atoms. The van der Waals surface area contributed by atoms with Crippen molar-refractivity contribution in [2.24, 2.45) is 4.99 Å². The molecule has 1 heterocycles. The third-order valence-electron chi connectivity index (χ3n) is 5.95. The van der Waals surface area contributed by atoms with Crippen molar-refractivity contribution in [2.75, 3.05) is 80.3 Å². The van der Waals surface area contributed by atoms with Gasteiger partial charge in [0.25, 0.3) is 0 Å². The third kappa shape index (κ3) is 8.69. The number of halogens is 1. The largest absolute Gasteiger partial charge is 0.385 e. The lowest BCUT2D eigenvalue weighted by Crippen LogP contribution is -2.60. The van der Waals surface area contributed by atoms with Gasteiger partial charge in [-0.25, -0.2) is 0 Å². The quantitative estimate of drug-likeness (QED) is 0.202. The van der Waals surface area contributed by atoms with Crippen molar-refractivity contribution in [3.05, 3.63) is 0 Å². The number of aliphatic imine (C=N–C) groups is 1. The summed E-state index contributed by atoms with van der Waals surface area (Å²) in [4.78, 5) is 9.43. The number of morpholine rings is 1. The SMILES string of the molecule is CN=C(NCCN(C)CCCOC)NCC1(N2CCOCC2)CCCCC1.I. The van der Waals surface area contributed by atoms with E-state index in [1.54, 1.807) is 7.11 Å². The van der Waals surface area contributed by atoms with Gasteiger partial charge >= 0.3 is 0 Å². The first kappa shape index (κ1) is 25.9. The Hall–Kier alpha value is -0.160. The summed E-state index contributed by atoms with van der Waals surface area (Å²) >= 11 is 0. The molecule has 7 nitrogen and oxygen atoms in total. The summed E-state index contributed by atoms with van der Waals surface area (Å²) < 4.78 is 10.7. The maximum Gasteiger partial charge on any atom is 0.191 e. The van der Waals surface area contributed by atoms with Crippen LogP contribution in [0.25, 0.3) is 0 Å². The van der Waals surface area contributed by atoms with E-state index >= 15 is 0 Å². The maximum absolute atomic E-state index is 5.58. The molecule has 0 aromatic heterocycles. The zero-order valence-corrected chi connectivity index (χ0v) is 20.5. The Kier molecular flexibility index (Phi) is 13.6. The van der Waals surface area contributed by atoms with Gasteiger partial charge in [-0.2, -0.15) is 0 Å². The van der Waals surface area contributed by atoms with E-state index in [0.717, 1.165) is 71.5 Å². The summed E-state index contributed by atoms with van der Waals surface area (Å²) in [5.41, 5.74) is 0.261. The number of ether oxygens (including phenoxy) is 2. The lowest BCUT2D eigenvalue weighted by atomic mass is 9.80. The zero-order valence-electron chi connectivity index (χ0n) is 18.2. The van der Waals surface area contributed by atoms with Gasteiger partial charge in [0.05, 0.1) is 13.2 Å². The Bertz CT molecular complexity index is 427. The molecule has 0 bridgehead atoms. The summed E-state index contributed by atoms with van der Waals surface area (Å²) in [6, 6.07) is 0. The van der Waals surface area contributed by atoms with Gasteiger partial charge in [-0.05, 0) is 26.3 Å². The molecule has 1 saturated heterocycles. The van der Waals surface area contributed by atoms with Crippen LogP contribution in [0.2, 0.25) is 0 Å². The Morgan fingerprint density at radius 2 is 1.86 bits per heavy atom. The first-order valence-corrected chi connectivity index (χ1v) is 10.6. The van der Waals surface area contributed by atoms with Crippen LogP contribution in [0.3, 0.4) is 0 Å². The van der Waals surface area contributed by atoms with Crippen molar-refractivity contribution in [1.29, 1.82) is 0 Å². The van der Waals surface area contributed by atoms with Crippen LogP contribution in [0, 0.1) is 0 Å². The van der Waals surface area contributed by atoms with E-state index in [2.05, 4.69) is 32.5 Å². The number of guanidine groups is 1. The van der Waals surface area contributed by atoms with Crippen molar-refractivity contribution >= 4 is 29.9 Å². The molecule has 28 heavy (non-hydrogen) atoms. The number of hydrogen-bond acceptors (Lipinski definition) is 5. The minimum Gasteiger partial charge on any atom is -0.385 e. The molecular weight excluding hydrogens is 469 g/mol. The van der Waals surface area contributed by atoms with E-state index in [9.17, 15) is 0 Å². The van der Waals surface area contributed by atoms with Crippen LogP contribution in [0.5, 0.6) is 0 Å². The molecule has 1 saturated carbocycles. The second kappa shape index (κ2) is 14.8. The fourth-order valence-corrected chi connectivity index (χ4v) is 4.28. The van der Waals surface area contributed by atoms with Gasteiger partial charge in [0.2, 0.25) is 0 Å². The monoisotopic (exact) mass is 511 g/mol. The molecule has 0 aromatic rings. The third-order valence-corrected chi connectivity index (χ3v) is 5.95. The fraction of sp³-hybridized carbons (Fsp3) is 0.950. The lowest BCUT2D eigenvalue weighted by molar-refractivity contribution is -0.0352. The highest BCUT2D eigenvalue weighted by atomic mass is 127. The smallest absolute Gasteiger partial charge is 0.191 e. The molecule has 2 aliphatic rings. The summed E-state index contributed by atoms with van der Waals surface area (Å²) in [6.45, 7) is 8.59. The highest BCUT2D eigenvalue weighted by Crippen LogP contribution is 2.33. The van der Waals surface area contributed by atoms with Crippen LogP contribution in [0.15, 0.2) is 4.99 Å². The Labute approximate surface area is 189 Å². The van der Waals surface area contributed by atoms with Gasteiger partial charge in [-0.15, -0.1) is 24.0 Å². The maximum atomic E-state index is 5.58. The topological polar surface area (TPSA) is 61.4 Å². The molecule has 2 rings (SSSR count). The first-order valence-electron chi connectivity index (χ1n) is 10.6. The van der Waals surface area contributed by atoms with Crippen LogP contribution in [0.4, 0.5) is 0 Å². The fourth-order valence-electron chi connectivity index (χ4n) is 4.28. The summed E-state index contributed by atoms with van der Waals surface area (Å²) in [5, 5.41) is 7.09. The van der Waals surface area contributed by atoms with Crippen LogP contribution >= 0.6 is 24.0 Å². The van der Waals surface area contributed by atoms with Gasteiger partial charge in [0, 0.05) is 65.6 Å². The first-order chi connectivity index (χ1) is 13.2. The highest BCUT2D eigenvalue weighted by Gasteiger charge is 2.38. The van der Waals surface area contributed by atoms with E-state index in [-0.39, 0.29) is 29.5 Å². The van der Waals surface area contributed by atoms with Crippen LogP contribution < -0.4 is 10.6 Å². The molecular formula is C20H42IN5O2. The molecule has 0 aromatic carbocycles. The minimum absolute atomic E-state index is 0. The molecule has 1 aliphatic carbocycles. The second-order valence-corrected chi connectivity index (χ2v) is 7.89. The standard InChI is InChI=1S/C20H41N5O2.HI/c1-21-19(22-10-12-24(2)11-7-15-26-3)23-18-20(8-5-4-6-9-20)25-13-16-27-17-14-25;/h4-18H2,1-3H3,(H2,21,22,23);1H. The van der Waals surface area contributed by atoms with E-state index in [4.69, 9.17) is 9.47 Å². The molecule has 2 fully saturated rings. The molecule has 0 radical (unpaired) electrons. The van der Waals surface area contributed by atoms with Crippen LogP contribution in [-0.2, 0) is 9.47 Å².